The highest BCUT2D eigenvalue weighted by Gasteiger charge is 2.08. The minimum atomic E-state index is 0.182. The van der Waals surface area contributed by atoms with Gasteiger partial charge in [-0.2, -0.15) is 0 Å². The van der Waals surface area contributed by atoms with Crippen LogP contribution in [-0.4, -0.2) is 5.78 Å². The number of Topliss-reactive ketones (excluding diaryl/α,β-unsaturated/α-hetero) is 1. The van der Waals surface area contributed by atoms with Crippen LogP contribution in [0.4, 0.5) is 0 Å². The molecule has 0 radical (unpaired) electrons. The lowest BCUT2D eigenvalue weighted by Gasteiger charge is -2.09. The van der Waals surface area contributed by atoms with E-state index in [1.165, 1.54) is 49.5 Å². The van der Waals surface area contributed by atoms with E-state index in [2.05, 4.69) is 37.3 Å². The Balaban J connectivity index is 2.06. The summed E-state index contributed by atoms with van der Waals surface area (Å²) in [6, 6.07) is 12.6. The van der Waals surface area contributed by atoms with Crippen LogP contribution in [0.15, 0.2) is 36.4 Å². The van der Waals surface area contributed by atoms with Crippen molar-refractivity contribution in [3.05, 3.63) is 47.5 Å². The van der Waals surface area contributed by atoms with Gasteiger partial charge < -0.3 is 0 Å². The zero-order valence-electron chi connectivity index (χ0n) is 13.3. The fourth-order valence-corrected chi connectivity index (χ4v) is 2.92. The molecule has 0 saturated carbocycles. The third-order valence-electron chi connectivity index (χ3n) is 4.15. The molecule has 0 spiro atoms. The molecular formula is C20H26O. The Morgan fingerprint density at radius 2 is 1.52 bits per heavy atom. The van der Waals surface area contributed by atoms with Crippen molar-refractivity contribution in [3.8, 4) is 0 Å². The summed E-state index contributed by atoms with van der Waals surface area (Å²) in [5, 5.41) is 2.40. The molecule has 1 heteroatoms. The van der Waals surface area contributed by atoms with Gasteiger partial charge >= 0.3 is 0 Å². The molecule has 0 fully saturated rings. The van der Waals surface area contributed by atoms with Crippen LogP contribution >= 0.6 is 0 Å². The Morgan fingerprint density at radius 3 is 2.19 bits per heavy atom. The Morgan fingerprint density at radius 1 is 0.905 bits per heavy atom. The van der Waals surface area contributed by atoms with Crippen molar-refractivity contribution in [2.75, 3.05) is 0 Å². The van der Waals surface area contributed by atoms with Gasteiger partial charge in [-0.3, -0.25) is 4.79 Å². The first kappa shape index (κ1) is 15.8. The Bertz CT molecular complexity index is 598. The van der Waals surface area contributed by atoms with Gasteiger partial charge in [0.25, 0.3) is 0 Å². The largest absolute Gasteiger partial charge is 0.295 e. The monoisotopic (exact) mass is 282 g/mol. The molecule has 1 nitrogen and oxygen atoms in total. The smallest absolute Gasteiger partial charge is 0.160 e. The highest BCUT2D eigenvalue weighted by Crippen LogP contribution is 2.22. The van der Waals surface area contributed by atoms with Crippen LogP contribution < -0.4 is 0 Å². The summed E-state index contributed by atoms with van der Waals surface area (Å²) >= 11 is 0. The van der Waals surface area contributed by atoms with Gasteiger partial charge in [-0.1, -0.05) is 69.4 Å². The SMILES string of the molecule is CCCCCCCCc1cc2ccccc2cc1C(C)=O. The number of rotatable bonds is 8. The van der Waals surface area contributed by atoms with E-state index in [-0.39, 0.29) is 5.78 Å². The number of fused-ring (bicyclic) bond motifs is 1. The van der Waals surface area contributed by atoms with Gasteiger partial charge in [-0.05, 0) is 42.2 Å². The number of hydrogen-bond acceptors (Lipinski definition) is 1. The van der Waals surface area contributed by atoms with Crippen LogP contribution in [0, 0.1) is 0 Å². The lowest BCUT2D eigenvalue weighted by molar-refractivity contribution is 0.101. The van der Waals surface area contributed by atoms with Crippen molar-refractivity contribution >= 4 is 16.6 Å². The Hall–Kier alpha value is -1.63. The van der Waals surface area contributed by atoms with E-state index in [0.29, 0.717) is 0 Å². The summed E-state index contributed by atoms with van der Waals surface area (Å²) in [6.07, 6.45) is 8.76. The number of unbranched alkanes of at least 4 members (excludes halogenated alkanes) is 5. The van der Waals surface area contributed by atoms with Gasteiger partial charge in [0.1, 0.15) is 0 Å². The third kappa shape index (κ3) is 4.42. The van der Waals surface area contributed by atoms with Gasteiger partial charge in [0.2, 0.25) is 0 Å². The minimum Gasteiger partial charge on any atom is -0.295 e. The first-order chi connectivity index (χ1) is 10.2. The molecule has 2 aromatic carbocycles. The fourth-order valence-electron chi connectivity index (χ4n) is 2.92. The predicted molar refractivity (Wildman–Crippen MR) is 91.0 cm³/mol. The normalized spacial score (nSPS) is 11.0. The van der Waals surface area contributed by atoms with Crippen LogP contribution in [0.5, 0.6) is 0 Å². The maximum atomic E-state index is 11.9. The maximum Gasteiger partial charge on any atom is 0.160 e. The van der Waals surface area contributed by atoms with Crippen molar-refractivity contribution in [1.29, 1.82) is 0 Å². The number of aryl methyl sites for hydroxylation is 1. The number of benzene rings is 2. The quantitative estimate of drug-likeness (QED) is 0.432. The predicted octanol–water partition coefficient (Wildman–Crippen LogP) is 5.95. The molecule has 0 atom stereocenters. The summed E-state index contributed by atoms with van der Waals surface area (Å²) in [4.78, 5) is 11.9. The van der Waals surface area contributed by atoms with Gasteiger partial charge in [0.15, 0.2) is 5.78 Å². The van der Waals surface area contributed by atoms with Crippen molar-refractivity contribution in [2.24, 2.45) is 0 Å². The first-order valence-corrected chi connectivity index (χ1v) is 8.25. The second kappa shape index (κ2) is 7.97. The summed E-state index contributed by atoms with van der Waals surface area (Å²) in [6.45, 7) is 3.92. The summed E-state index contributed by atoms with van der Waals surface area (Å²) in [5.74, 6) is 0.182. The van der Waals surface area contributed by atoms with Crippen molar-refractivity contribution < 1.29 is 4.79 Å². The zero-order chi connectivity index (χ0) is 15.1. The highest BCUT2D eigenvalue weighted by molar-refractivity contribution is 6.00. The summed E-state index contributed by atoms with van der Waals surface area (Å²) in [5.41, 5.74) is 2.12. The van der Waals surface area contributed by atoms with Crippen molar-refractivity contribution in [1.82, 2.24) is 0 Å². The molecular weight excluding hydrogens is 256 g/mol. The average molecular weight is 282 g/mol. The molecule has 0 aromatic heterocycles. The van der Waals surface area contributed by atoms with Crippen LogP contribution in [-0.2, 0) is 6.42 Å². The highest BCUT2D eigenvalue weighted by atomic mass is 16.1. The first-order valence-electron chi connectivity index (χ1n) is 8.25. The van der Waals surface area contributed by atoms with Gasteiger partial charge in [-0.15, -0.1) is 0 Å². The average Bonchev–Trinajstić information content (AvgIpc) is 2.49. The standard InChI is InChI=1S/C20H26O/c1-3-4-5-6-7-8-13-19-14-17-11-9-10-12-18(17)15-20(19)16(2)21/h9-12,14-15H,3-8,13H2,1-2H3. The van der Waals surface area contributed by atoms with Crippen LogP contribution in [0.3, 0.4) is 0 Å². The Labute approximate surface area is 128 Å². The van der Waals surface area contributed by atoms with E-state index < -0.39 is 0 Å². The Kier molecular flexibility index (Phi) is 5.98. The molecule has 2 aromatic rings. The molecule has 2 rings (SSSR count). The van der Waals surface area contributed by atoms with E-state index in [9.17, 15) is 4.79 Å². The van der Waals surface area contributed by atoms with Crippen molar-refractivity contribution in [2.45, 2.75) is 58.8 Å². The van der Waals surface area contributed by atoms with Crippen LogP contribution in [0.2, 0.25) is 0 Å². The van der Waals surface area contributed by atoms with Crippen LogP contribution in [0.1, 0.15) is 68.3 Å². The van der Waals surface area contributed by atoms with E-state index in [4.69, 9.17) is 0 Å². The van der Waals surface area contributed by atoms with E-state index >= 15 is 0 Å². The van der Waals surface area contributed by atoms with E-state index in [0.717, 1.165) is 17.4 Å². The molecule has 0 saturated heterocycles. The molecule has 0 heterocycles. The fraction of sp³-hybridized carbons (Fsp3) is 0.450. The molecule has 0 aliphatic carbocycles. The second-order valence-electron chi connectivity index (χ2n) is 5.93. The lowest BCUT2D eigenvalue weighted by Crippen LogP contribution is -2.00. The topological polar surface area (TPSA) is 17.1 Å². The molecule has 21 heavy (non-hydrogen) atoms. The molecule has 0 aliphatic rings. The third-order valence-corrected chi connectivity index (χ3v) is 4.15. The van der Waals surface area contributed by atoms with Gasteiger partial charge in [0, 0.05) is 5.56 Å². The number of hydrogen-bond donors (Lipinski definition) is 0. The summed E-state index contributed by atoms with van der Waals surface area (Å²) < 4.78 is 0. The van der Waals surface area contributed by atoms with Gasteiger partial charge in [0.05, 0.1) is 0 Å². The minimum absolute atomic E-state index is 0.182. The molecule has 0 amide bonds. The van der Waals surface area contributed by atoms with Gasteiger partial charge in [-0.25, -0.2) is 0 Å². The molecule has 0 aliphatic heterocycles. The summed E-state index contributed by atoms with van der Waals surface area (Å²) in [7, 11) is 0. The van der Waals surface area contributed by atoms with Crippen LogP contribution in [0.25, 0.3) is 10.8 Å². The number of ketones is 1. The number of carbonyl (C=O) groups excluding carboxylic acids is 1. The van der Waals surface area contributed by atoms with E-state index in [1.807, 2.05) is 6.07 Å². The maximum absolute atomic E-state index is 11.9. The zero-order valence-corrected chi connectivity index (χ0v) is 13.3. The van der Waals surface area contributed by atoms with Crippen molar-refractivity contribution in [3.63, 3.8) is 0 Å². The molecule has 112 valence electrons. The van der Waals surface area contributed by atoms with E-state index in [1.54, 1.807) is 6.92 Å². The molecule has 0 unspecified atom stereocenters. The lowest BCUT2D eigenvalue weighted by atomic mass is 9.94. The second-order valence-corrected chi connectivity index (χ2v) is 5.93. The molecule has 0 N–H and O–H groups in total. The number of carbonyl (C=O) groups is 1. The molecule has 0 bridgehead atoms.